The second-order valence-electron chi connectivity index (χ2n) is 9.95. The Morgan fingerprint density at radius 2 is 1.72 bits per heavy atom. The van der Waals surface area contributed by atoms with Gasteiger partial charge in [0.15, 0.2) is 5.44 Å². The van der Waals surface area contributed by atoms with Gasteiger partial charge in [0.1, 0.15) is 17.0 Å². The molecule has 5 nitrogen and oxygen atoms in total. The molecule has 0 amide bonds. The van der Waals surface area contributed by atoms with Crippen LogP contribution in [0.15, 0.2) is 11.6 Å². The second kappa shape index (κ2) is 6.92. The molecule has 2 heterocycles. The zero-order chi connectivity index (χ0) is 21.4. The molecule has 2 aliphatic carbocycles. The summed E-state index contributed by atoms with van der Waals surface area (Å²) in [6, 6.07) is 0. The zero-order valence-corrected chi connectivity index (χ0v) is 19.7. The number of aliphatic hydroxyl groups is 1. The summed E-state index contributed by atoms with van der Waals surface area (Å²) in [4.78, 5) is 25.6. The molecule has 2 unspecified atom stereocenters. The van der Waals surface area contributed by atoms with Crippen LogP contribution in [-0.2, 0) is 19.1 Å². The number of ether oxygens (including phenoxy) is 2. The van der Waals surface area contributed by atoms with Gasteiger partial charge in [-0.2, -0.15) is 0 Å². The van der Waals surface area contributed by atoms with Crippen molar-refractivity contribution in [2.75, 3.05) is 0 Å². The van der Waals surface area contributed by atoms with E-state index in [-0.39, 0.29) is 33.8 Å². The predicted molar refractivity (Wildman–Crippen MR) is 116 cm³/mol. The van der Waals surface area contributed by atoms with E-state index >= 15 is 0 Å². The third-order valence-electron chi connectivity index (χ3n) is 7.25. The van der Waals surface area contributed by atoms with Gasteiger partial charge in [-0.3, -0.25) is 4.79 Å². The van der Waals surface area contributed by atoms with E-state index < -0.39 is 27.8 Å². The van der Waals surface area contributed by atoms with Crippen molar-refractivity contribution in [2.45, 2.75) is 93.7 Å². The lowest BCUT2D eigenvalue weighted by Gasteiger charge is -2.62. The molecule has 29 heavy (non-hydrogen) atoms. The van der Waals surface area contributed by atoms with Gasteiger partial charge in [-0.25, -0.2) is 4.79 Å². The molecule has 4 rings (SSSR count). The summed E-state index contributed by atoms with van der Waals surface area (Å²) in [7, 11) is 0. The van der Waals surface area contributed by atoms with Gasteiger partial charge < -0.3 is 14.6 Å². The number of esters is 2. The van der Waals surface area contributed by atoms with Gasteiger partial charge in [0, 0.05) is 22.5 Å². The highest BCUT2D eigenvalue weighted by molar-refractivity contribution is 8.05. The van der Waals surface area contributed by atoms with Gasteiger partial charge in [0.2, 0.25) is 0 Å². The Bertz CT molecular complexity index is 764. The Morgan fingerprint density at radius 1 is 1.07 bits per heavy atom. The summed E-state index contributed by atoms with van der Waals surface area (Å²) in [6.07, 6.45) is 2.67. The largest absolute Gasteiger partial charge is 0.459 e. The van der Waals surface area contributed by atoms with Crippen LogP contribution in [-0.4, -0.2) is 49.9 Å². The fourth-order valence-electron chi connectivity index (χ4n) is 6.36. The van der Waals surface area contributed by atoms with Crippen molar-refractivity contribution in [3.05, 3.63) is 11.6 Å². The fourth-order valence-corrected chi connectivity index (χ4v) is 9.44. The van der Waals surface area contributed by atoms with Gasteiger partial charge in [-0.1, -0.05) is 41.0 Å². The number of rotatable bonds is 4. The predicted octanol–water partition coefficient (Wildman–Crippen LogP) is 3.93. The lowest BCUT2D eigenvalue weighted by atomic mass is 9.47. The van der Waals surface area contributed by atoms with Crippen LogP contribution in [0, 0.1) is 16.7 Å². The summed E-state index contributed by atoms with van der Waals surface area (Å²) in [5.41, 5.74) is -0.574. The number of hydrogen-bond acceptors (Lipinski definition) is 7. The molecule has 162 valence electrons. The standard InChI is InChI=1S/C22H32O5S2/c1-11(2)28-19-22(29-12(3)4)13(10-14(23)26-19)20(5)8-7-9-21(6)16(20)15(17(22)24)27-18(21)25/h10-12,15-17,19,24H,7-9H2,1-6H3/t15-,16+,17+,19?,20+,21-,22?/m0/s1. The Labute approximate surface area is 181 Å². The Hall–Kier alpha value is -0.660. The number of aliphatic hydroxyl groups excluding tert-OH is 1. The van der Waals surface area contributed by atoms with Crippen molar-refractivity contribution in [3.63, 3.8) is 0 Å². The minimum absolute atomic E-state index is 0.131. The SMILES string of the molecule is CC(C)SC1OC(=O)C=C2C1(SC(C)C)[C@H](O)[C@H]1OC(=O)[C@@]3(C)CCC[C@@]2(C)[C@@H]13. The Morgan fingerprint density at radius 3 is 2.34 bits per heavy atom. The molecule has 0 aromatic carbocycles. The minimum atomic E-state index is -0.924. The lowest BCUT2D eigenvalue weighted by molar-refractivity contribution is -0.157. The molecule has 1 N–H and O–H groups in total. The van der Waals surface area contributed by atoms with Crippen molar-refractivity contribution in [2.24, 2.45) is 16.7 Å². The molecule has 1 saturated heterocycles. The smallest absolute Gasteiger partial charge is 0.331 e. The topological polar surface area (TPSA) is 72.8 Å². The molecule has 0 spiro atoms. The average molecular weight is 441 g/mol. The number of hydrogen-bond donors (Lipinski definition) is 1. The maximum Gasteiger partial charge on any atom is 0.331 e. The molecule has 0 aromatic rings. The Kier molecular flexibility index (Phi) is 5.15. The number of thioether (sulfide) groups is 2. The monoisotopic (exact) mass is 440 g/mol. The van der Waals surface area contributed by atoms with Crippen molar-refractivity contribution in [1.29, 1.82) is 0 Å². The van der Waals surface area contributed by atoms with Crippen LogP contribution in [0.3, 0.4) is 0 Å². The van der Waals surface area contributed by atoms with Crippen LogP contribution in [0.25, 0.3) is 0 Å². The molecule has 2 aliphatic heterocycles. The summed E-state index contributed by atoms with van der Waals surface area (Å²) in [5.74, 6) is -0.682. The third kappa shape index (κ3) is 2.86. The van der Waals surface area contributed by atoms with Gasteiger partial charge in [0.25, 0.3) is 0 Å². The first-order valence-corrected chi connectivity index (χ1v) is 12.4. The molecule has 0 radical (unpaired) electrons. The highest BCUT2D eigenvalue weighted by Crippen LogP contribution is 2.70. The van der Waals surface area contributed by atoms with Gasteiger partial charge in [-0.15, -0.1) is 23.5 Å². The third-order valence-corrected chi connectivity index (χ3v) is 10.2. The molecule has 3 fully saturated rings. The minimum Gasteiger partial charge on any atom is -0.459 e. The molecular formula is C22H32O5S2. The number of carbonyl (C=O) groups is 2. The van der Waals surface area contributed by atoms with Gasteiger partial charge in [-0.05, 0) is 30.8 Å². The second-order valence-corrected chi connectivity index (χ2v) is 13.4. The number of fused-ring (bicyclic) bond motifs is 2. The van der Waals surface area contributed by atoms with Crippen LogP contribution in [0.5, 0.6) is 0 Å². The van der Waals surface area contributed by atoms with Crippen LogP contribution in [0.1, 0.15) is 60.8 Å². The van der Waals surface area contributed by atoms with Crippen LogP contribution < -0.4 is 0 Å². The maximum absolute atomic E-state index is 13.0. The molecule has 7 heteroatoms. The molecule has 0 bridgehead atoms. The molecule has 0 aromatic heterocycles. The fraction of sp³-hybridized carbons (Fsp3) is 0.818. The van der Waals surface area contributed by atoms with Crippen molar-refractivity contribution in [3.8, 4) is 0 Å². The Balaban J connectivity index is 1.95. The average Bonchev–Trinajstić information content (AvgIpc) is 2.87. The van der Waals surface area contributed by atoms with Crippen LogP contribution in [0.4, 0.5) is 0 Å². The van der Waals surface area contributed by atoms with E-state index in [2.05, 4.69) is 34.6 Å². The van der Waals surface area contributed by atoms with Crippen LogP contribution in [0.2, 0.25) is 0 Å². The van der Waals surface area contributed by atoms with Crippen molar-refractivity contribution < 1.29 is 24.2 Å². The van der Waals surface area contributed by atoms with Crippen LogP contribution >= 0.6 is 23.5 Å². The lowest BCUT2D eigenvalue weighted by Crippen LogP contribution is -2.69. The maximum atomic E-state index is 13.0. The zero-order valence-electron chi connectivity index (χ0n) is 18.1. The highest BCUT2D eigenvalue weighted by Gasteiger charge is 2.75. The molecular weight excluding hydrogens is 408 g/mol. The molecule has 7 atom stereocenters. The van der Waals surface area contributed by atoms with Gasteiger partial charge >= 0.3 is 11.9 Å². The van der Waals surface area contributed by atoms with Gasteiger partial charge in [0.05, 0.1) is 5.41 Å². The quantitative estimate of drug-likeness (QED) is 0.664. The number of cyclic esters (lactones) is 1. The summed E-state index contributed by atoms with van der Waals surface area (Å²) in [5, 5.41) is 12.2. The normalized spacial score (nSPS) is 46.2. The highest BCUT2D eigenvalue weighted by atomic mass is 32.2. The van der Waals surface area contributed by atoms with E-state index in [1.54, 1.807) is 29.6 Å². The first kappa shape index (κ1) is 21.6. The summed E-state index contributed by atoms with van der Waals surface area (Å²) in [6.45, 7) is 12.5. The van der Waals surface area contributed by atoms with E-state index in [9.17, 15) is 14.7 Å². The molecule has 2 saturated carbocycles. The summed E-state index contributed by atoms with van der Waals surface area (Å²) >= 11 is 3.22. The summed E-state index contributed by atoms with van der Waals surface area (Å²) < 4.78 is 10.9. The van der Waals surface area contributed by atoms with E-state index in [0.717, 1.165) is 24.8 Å². The van der Waals surface area contributed by atoms with E-state index in [1.807, 2.05) is 6.92 Å². The first-order valence-electron chi connectivity index (χ1n) is 10.6. The van der Waals surface area contributed by atoms with E-state index in [4.69, 9.17) is 9.47 Å². The molecule has 4 aliphatic rings. The van der Waals surface area contributed by atoms with Crippen molar-refractivity contribution in [1.82, 2.24) is 0 Å². The number of carbonyl (C=O) groups excluding carboxylic acids is 2. The first-order chi connectivity index (χ1) is 13.5. The van der Waals surface area contributed by atoms with Crippen molar-refractivity contribution >= 4 is 35.5 Å². The van der Waals surface area contributed by atoms with E-state index in [1.165, 1.54) is 0 Å². The van der Waals surface area contributed by atoms with E-state index in [0.29, 0.717) is 0 Å².